The van der Waals surface area contributed by atoms with Gasteiger partial charge in [0.15, 0.2) is 6.61 Å². The summed E-state index contributed by atoms with van der Waals surface area (Å²) in [5, 5.41) is 7.35. The van der Waals surface area contributed by atoms with Gasteiger partial charge in [-0.3, -0.25) is 13.9 Å². The van der Waals surface area contributed by atoms with E-state index in [-0.39, 0.29) is 35.2 Å². The molecule has 0 aliphatic rings. The van der Waals surface area contributed by atoms with Crippen molar-refractivity contribution in [1.29, 1.82) is 0 Å². The quantitative estimate of drug-likeness (QED) is 0.112. The van der Waals surface area contributed by atoms with Crippen LogP contribution in [0.2, 0.25) is 5.02 Å². The van der Waals surface area contributed by atoms with Crippen molar-refractivity contribution in [2.24, 2.45) is 5.10 Å². The van der Waals surface area contributed by atoms with Crippen molar-refractivity contribution < 1.29 is 22.7 Å². The lowest BCUT2D eigenvalue weighted by Crippen LogP contribution is -2.33. The fourth-order valence-electron chi connectivity index (χ4n) is 4.52. The number of nitrogens with zero attached hydrogens (tertiary/aromatic N) is 2. The monoisotopic (exact) mass is 666 g/mol. The molecule has 0 bridgehead atoms. The van der Waals surface area contributed by atoms with Crippen molar-refractivity contribution in [3.63, 3.8) is 0 Å². The zero-order chi connectivity index (χ0) is 33.2. The van der Waals surface area contributed by atoms with Gasteiger partial charge in [0.05, 0.1) is 28.9 Å². The third-order valence-electron chi connectivity index (χ3n) is 6.95. The van der Waals surface area contributed by atoms with Gasteiger partial charge < -0.3 is 10.1 Å². The second-order valence-electron chi connectivity index (χ2n) is 10.4. The second kappa shape index (κ2) is 15.2. The molecule has 0 atom stereocenters. The number of hydrogen-bond acceptors (Lipinski definition) is 6. The molecule has 0 saturated carbocycles. The lowest BCUT2D eigenvalue weighted by atomic mass is 10.1. The zero-order valence-electron chi connectivity index (χ0n) is 25.3. The van der Waals surface area contributed by atoms with E-state index >= 15 is 0 Å². The van der Waals surface area contributed by atoms with Crippen LogP contribution in [-0.4, -0.2) is 33.1 Å². The molecule has 5 aromatic carbocycles. The molecule has 9 nitrogen and oxygen atoms in total. The molecule has 0 radical (unpaired) electrons. The number of hydrogen-bond donors (Lipinski definition) is 2. The Labute approximate surface area is 278 Å². The Morgan fingerprint density at radius 1 is 0.830 bits per heavy atom. The van der Waals surface area contributed by atoms with Gasteiger partial charge in [-0.05, 0) is 90.8 Å². The van der Waals surface area contributed by atoms with Crippen LogP contribution in [0.1, 0.15) is 27.0 Å². The number of anilines is 2. The van der Waals surface area contributed by atoms with Crippen LogP contribution in [0.5, 0.6) is 5.75 Å². The summed E-state index contributed by atoms with van der Waals surface area (Å²) in [6.07, 6.45) is 1.45. The van der Waals surface area contributed by atoms with E-state index in [2.05, 4.69) is 15.8 Å². The highest BCUT2D eigenvalue weighted by molar-refractivity contribution is 7.92. The molecule has 0 heterocycles. The minimum absolute atomic E-state index is 0.0384. The van der Waals surface area contributed by atoms with E-state index in [0.717, 1.165) is 5.56 Å². The first-order chi connectivity index (χ1) is 22.7. The van der Waals surface area contributed by atoms with Crippen molar-refractivity contribution in [2.45, 2.75) is 18.4 Å². The maximum Gasteiger partial charge on any atom is 0.273 e. The van der Waals surface area contributed by atoms with Crippen LogP contribution in [0.25, 0.3) is 0 Å². The van der Waals surface area contributed by atoms with Crippen LogP contribution in [-0.2, 0) is 21.4 Å². The van der Waals surface area contributed by atoms with Crippen molar-refractivity contribution in [3.8, 4) is 5.75 Å². The number of nitrogens with one attached hydrogen (secondary N) is 2. The number of amides is 2. The van der Waals surface area contributed by atoms with E-state index < -0.39 is 15.9 Å². The lowest BCUT2D eigenvalue weighted by molar-refractivity contribution is -0.118. The molecule has 0 aliphatic carbocycles. The largest absolute Gasteiger partial charge is 0.484 e. The minimum atomic E-state index is -4.08. The molecule has 0 unspecified atom stereocenters. The summed E-state index contributed by atoms with van der Waals surface area (Å²) >= 11 is 6.06. The van der Waals surface area contributed by atoms with Gasteiger partial charge in [0.2, 0.25) is 0 Å². The maximum atomic E-state index is 14.0. The van der Waals surface area contributed by atoms with E-state index in [9.17, 15) is 18.0 Å². The van der Waals surface area contributed by atoms with Crippen LogP contribution >= 0.6 is 11.6 Å². The zero-order valence-corrected chi connectivity index (χ0v) is 26.9. The molecule has 0 fully saturated rings. The molecule has 0 saturated heterocycles. The molecule has 11 heteroatoms. The molecule has 47 heavy (non-hydrogen) atoms. The van der Waals surface area contributed by atoms with Gasteiger partial charge >= 0.3 is 0 Å². The van der Waals surface area contributed by atoms with E-state index in [1.54, 1.807) is 109 Å². The van der Waals surface area contributed by atoms with E-state index in [4.69, 9.17) is 16.3 Å². The Morgan fingerprint density at radius 3 is 2.19 bits per heavy atom. The highest BCUT2D eigenvalue weighted by Gasteiger charge is 2.28. The Kier molecular flexibility index (Phi) is 10.7. The molecular weight excluding hydrogens is 636 g/mol. The summed E-state index contributed by atoms with van der Waals surface area (Å²) in [6, 6.07) is 35.7. The molecule has 2 N–H and O–H groups in total. The molecule has 0 spiro atoms. The number of benzene rings is 5. The summed E-state index contributed by atoms with van der Waals surface area (Å²) in [7, 11) is -4.08. The second-order valence-corrected chi connectivity index (χ2v) is 12.7. The normalized spacial score (nSPS) is 11.2. The molecule has 238 valence electrons. The number of sulfonamides is 1. The van der Waals surface area contributed by atoms with Crippen LogP contribution < -0.4 is 19.8 Å². The third-order valence-corrected chi connectivity index (χ3v) is 8.98. The van der Waals surface area contributed by atoms with Crippen molar-refractivity contribution in [1.82, 2.24) is 5.43 Å². The SMILES string of the molecule is Cc1ccc(S(=O)(=O)N(Cc2ccc(Cl)cc2)c2ccccc2C(=O)N/N=C\c2ccc(OCC(=O)Nc3ccccc3)cc2)cc1. The molecule has 0 aliphatic heterocycles. The van der Waals surface area contributed by atoms with Crippen LogP contribution in [0.3, 0.4) is 0 Å². The summed E-state index contributed by atoms with van der Waals surface area (Å²) in [5.41, 5.74) is 5.74. The first-order valence-electron chi connectivity index (χ1n) is 14.5. The van der Waals surface area contributed by atoms with Gasteiger partial charge in [-0.2, -0.15) is 5.10 Å². The van der Waals surface area contributed by atoms with Gasteiger partial charge in [0.1, 0.15) is 5.75 Å². The fourth-order valence-corrected chi connectivity index (χ4v) is 6.12. The van der Waals surface area contributed by atoms with Gasteiger partial charge in [0.25, 0.3) is 21.8 Å². The number of carbonyl (C=O) groups is 2. The molecule has 0 aromatic heterocycles. The van der Waals surface area contributed by atoms with Gasteiger partial charge in [0, 0.05) is 10.7 Å². The highest BCUT2D eigenvalue weighted by atomic mass is 35.5. The number of carbonyl (C=O) groups excluding carboxylic acids is 2. The smallest absolute Gasteiger partial charge is 0.273 e. The summed E-state index contributed by atoms with van der Waals surface area (Å²) in [5.74, 6) is -0.399. The van der Waals surface area contributed by atoms with E-state index in [0.29, 0.717) is 27.6 Å². The van der Waals surface area contributed by atoms with E-state index in [1.165, 1.54) is 10.5 Å². The predicted octanol–water partition coefficient (Wildman–Crippen LogP) is 6.83. The Balaban J connectivity index is 1.29. The average molecular weight is 667 g/mol. The van der Waals surface area contributed by atoms with Gasteiger partial charge in [-0.25, -0.2) is 13.8 Å². The molecule has 5 aromatic rings. The topological polar surface area (TPSA) is 117 Å². The van der Waals surface area contributed by atoms with Gasteiger partial charge in [-0.1, -0.05) is 71.8 Å². The van der Waals surface area contributed by atoms with Crippen LogP contribution in [0, 0.1) is 6.92 Å². The molecule has 2 amide bonds. The van der Waals surface area contributed by atoms with E-state index in [1.807, 2.05) is 25.1 Å². The first kappa shape index (κ1) is 32.9. The Bertz CT molecular complexity index is 1970. The third kappa shape index (κ3) is 8.84. The average Bonchev–Trinajstić information content (AvgIpc) is 3.08. The van der Waals surface area contributed by atoms with Crippen molar-refractivity contribution in [3.05, 3.63) is 155 Å². The number of halogens is 1. The maximum absolute atomic E-state index is 14.0. The number of hydrazone groups is 1. The molecular formula is C36H31ClN4O5S. The standard InChI is InChI=1S/C36H31ClN4O5S/c1-26-11-21-32(22-12-26)47(44,45)41(24-28-13-17-29(37)18-14-28)34-10-6-5-9-33(34)36(43)40-38-23-27-15-19-31(20-16-27)46-25-35(42)39-30-7-3-2-4-8-30/h2-23H,24-25H2,1H3,(H,39,42)(H,40,43)/b38-23-. The molecule has 5 rings (SSSR count). The Morgan fingerprint density at radius 2 is 1.49 bits per heavy atom. The first-order valence-corrected chi connectivity index (χ1v) is 16.3. The fraction of sp³-hybridized carbons (Fsp3) is 0.0833. The van der Waals surface area contributed by atoms with Crippen LogP contribution in [0.4, 0.5) is 11.4 Å². The number of ether oxygens (including phenoxy) is 1. The Hall–Kier alpha value is -5.45. The number of para-hydroxylation sites is 2. The van der Waals surface area contributed by atoms with Gasteiger partial charge in [-0.15, -0.1) is 0 Å². The van der Waals surface area contributed by atoms with Crippen LogP contribution in [0.15, 0.2) is 137 Å². The van der Waals surface area contributed by atoms with Crippen molar-refractivity contribution >= 4 is 51.0 Å². The summed E-state index contributed by atoms with van der Waals surface area (Å²) in [4.78, 5) is 25.6. The lowest BCUT2D eigenvalue weighted by Gasteiger charge is -2.26. The number of rotatable bonds is 12. The summed E-state index contributed by atoms with van der Waals surface area (Å²) < 4.78 is 34.7. The highest BCUT2D eigenvalue weighted by Crippen LogP contribution is 2.30. The number of aryl methyl sites for hydroxylation is 1. The summed E-state index contributed by atoms with van der Waals surface area (Å²) in [6.45, 7) is 1.67. The predicted molar refractivity (Wildman–Crippen MR) is 185 cm³/mol. The minimum Gasteiger partial charge on any atom is -0.484 e. The van der Waals surface area contributed by atoms with Crippen molar-refractivity contribution in [2.75, 3.05) is 16.2 Å².